The van der Waals surface area contributed by atoms with E-state index in [9.17, 15) is 5.11 Å². The average Bonchev–Trinajstić information content (AvgIpc) is 3.32. The van der Waals surface area contributed by atoms with Gasteiger partial charge >= 0.3 is 0 Å². The second-order valence-corrected chi connectivity index (χ2v) is 18.6. The van der Waals surface area contributed by atoms with Crippen molar-refractivity contribution in [2.45, 2.75) is 76.4 Å². The lowest BCUT2D eigenvalue weighted by Gasteiger charge is -2.47. The molecule has 0 aromatic heterocycles. The minimum atomic E-state index is -1.96. The molecule has 0 amide bonds. The lowest BCUT2D eigenvalue weighted by Crippen LogP contribution is -2.55. The van der Waals surface area contributed by atoms with Crippen LogP contribution in [-0.4, -0.2) is 31.7 Å². The van der Waals surface area contributed by atoms with E-state index in [1.165, 1.54) is 33.6 Å². The van der Waals surface area contributed by atoms with Crippen LogP contribution in [-0.2, 0) is 4.43 Å². The number of fused-ring (bicyclic) bond motifs is 4. The summed E-state index contributed by atoms with van der Waals surface area (Å²) in [5.74, 6) is 0. The van der Waals surface area contributed by atoms with Crippen molar-refractivity contribution in [1.82, 2.24) is 0 Å². The number of para-hydroxylation sites is 4. The molecule has 0 unspecified atom stereocenters. The molecule has 1 fully saturated rings. The molecular formula is C40H46N2O2Si. The molecule has 7 rings (SSSR count). The Kier molecular flexibility index (Phi) is 8.87. The molecule has 1 aliphatic carbocycles. The fourth-order valence-electron chi connectivity index (χ4n) is 6.28. The molecule has 3 atom stereocenters. The maximum atomic E-state index is 11.6. The first-order chi connectivity index (χ1) is 21.6. The van der Waals surface area contributed by atoms with Gasteiger partial charge in [-0.1, -0.05) is 118 Å². The highest BCUT2D eigenvalue weighted by atomic mass is 28.4. The van der Waals surface area contributed by atoms with Crippen molar-refractivity contribution in [2.24, 2.45) is 0 Å². The number of nitrogens with one attached hydrogen (secondary N) is 1. The fourth-order valence-corrected chi connectivity index (χ4v) is 7.65. The Bertz CT molecular complexity index is 1610. The average molecular weight is 615 g/mol. The summed E-state index contributed by atoms with van der Waals surface area (Å²) >= 11 is 0. The number of benzene rings is 4. The van der Waals surface area contributed by atoms with E-state index in [1.54, 1.807) is 0 Å². The lowest BCUT2D eigenvalue weighted by atomic mass is 9.88. The summed E-state index contributed by atoms with van der Waals surface area (Å²) in [6, 6.07) is 33.6. The number of aliphatic hydroxyl groups is 1. The summed E-state index contributed by atoms with van der Waals surface area (Å²) in [5.41, 5.74) is 9.49. The van der Waals surface area contributed by atoms with E-state index in [4.69, 9.17) is 4.43 Å². The van der Waals surface area contributed by atoms with Crippen molar-refractivity contribution in [2.75, 3.05) is 10.2 Å². The van der Waals surface area contributed by atoms with Gasteiger partial charge in [-0.25, -0.2) is 0 Å². The molecule has 2 aliphatic heterocycles. The largest absolute Gasteiger partial charge is 0.411 e. The first-order valence-corrected chi connectivity index (χ1v) is 19.2. The summed E-state index contributed by atoms with van der Waals surface area (Å²) in [4.78, 5) is 2.37. The number of rotatable bonds is 3. The van der Waals surface area contributed by atoms with Crippen LogP contribution >= 0.6 is 0 Å². The van der Waals surface area contributed by atoms with Gasteiger partial charge in [-0.05, 0) is 83.9 Å². The first-order valence-electron chi connectivity index (χ1n) is 16.3. The van der Waals surface area contributed by atoms with Crippen molar-refractivity contribution in [3.63, 3.8) is 0 Å². The molecule has 45 heavy (non-hydrogen) atoms. The van der Waals surface area contributed by atoms with Gasteiger partial charge in [-0.15, -0.1) is 0 Å². The normalized spacial score (nSPS) is 20.2. The third kappa shape index (κ3) is 6.57. The van der Waals surface area contributed by atoms with Crippen LogP contribution in [0, 0.1) is 0 Å². The minimum absolute atomic E-state index is 0.00396. The van der Waals surface area contributed by atoms with Crippen LogP contribution in [0.2, 0.25) is 18.1 Å². The van der Waals surface area contributed by atoms with Gasteiger partial charge in [0, 0.05) is 22.7 Å². The van der Waals surface area contributed by atoms with Gasteiger partial charge in [-0.3, -0.25) is 0 Å². The van der Waals surface area contributed by atoms with Gasteiger partial charge in [0.2, 0.25) is 0 Å². The molecule has 0 saturated heterocycles. The molecule has 0 radical (unpaired) electrons. The van der Waals surface area contributed by atoms with Gasteiger partial charge < -0.3 is 19.7 Å². The van der Waals surface area contributed by atoms with E-state index in [1.807, 2.05) is 12.1 Å². The SMILES string of the molecule is C1=Cc2ccccc2Nc2ccccc21.CC(C)(C)[Si](C)(C)O[C@@H]1CCC[C@@H](N2c3ccccc3C=Cc3ccccc32)[C@@H]1O. The topological polar surface area (TPSA) is 44.7 Å². The van der Waals surface area contributed by atoms with Crippen LogP contribution in [0.1, 0.15) is 62.3 Å². The standard InChI is InChI=1S/C26H35NO2Si.C14H11N/c1-26(2,3)30(4,5)29-24-16-10-15-23(25(24)28)27-21-13-8-6-11-19(21)17-18-20-12-7-9-14-22(20)27;1-3-7-13-11(5-1)9-10-12-6-2-4-8-14(12)15-13/h6-9,11-14,17-18,23-25,28H,10,15-16H2,1-5H3;1-10,15H/t23-,24-,25+;/m1./s1. The number of anilines is 4. The highest BCUT2D eigenvalue weighted by molar-refractivity contribution is 6.74. The van der Waals surface area contributed by atoms with Crippen LogP contribution in [0.3, 0.4) is 0 Å². The Morgan fingerprint density at radius 1 is 0.667 bits per heavy atom. The zero-order chi connectivity index (χ0) is 31.6. The van der Waals surface area contributed by atoms with Gasteiger partial charge in [0.15, 0.2) is 8.32 Å². The molecule has 2 heterocycles. The predicted molar refractivity (Wildman–Crippen MR) is 195 cm³/mol. The highest BCUT2D eigenvalue weighted by Gasteiger charge is 2.44. The van der Waals surface area contributed by atoms with E-state index in [-0.39, 0.29) is 17.2 Å². The third-order valence-electron chi connectivity index (χ3n) is 9.82. The molecule has 0 bridgehead atoms. The van der Waals surface area contributed by atoms with Crippen molar-refractivity contribution < 1.29 is 9.53 Å². The summed E-state index contributed by atoms with van der Waals surface area (Å²) in [6.07, 6.45) is 11.0. The third-order valence-corrected chi connectivity index (χ3v) is 14.3. The minimum Gasteiger partial charge on any atom is -0.411 e. The lowest BCUT2D eigenvalue weighted by molar-refractivity contribution is -0.0130. The quantitative estimate of drug-likeness (QED) is 0.199. The fraction of sp³-hybridized carbons (Fsp3) is 0.300. The Balaban J connectivity index is 0.000000198. The molecule has 1 saturated carbocycles. The molecule has 3 aliphatic rings. The van der Waals surface area contributed by atoms with E-state index >= 15 is 0 Å². The monoisotopic (exact) mass is 614 g/mol. The zero-order valence-corrected chi connectivity index (χ0v) is 28.2. The molecule has 5 heteroatoms. The maximum absolute atomic E-state index is 11.6. The van der Waals surface area contributed by atoms with Crippen LogP contribution in [0.15, 0.2) is 97.1 Å². The van der Waals surface area contributed by atoms with Crippen LogP contribution < -0.4 is 10.2 Å². The van der Waals surface area contributed by atoms with Gasteiger partial charge in [0.1, 0.15) is 0 Å². The highest BCUT2D eigenvalue weighted by Crippen LogP contribution is 2.44. The Hall–Kier alpha value is -3.90. The molecule has 2 N–H and O–H groups in total. The number of hydrogen-bond donors (Lipinski definition) is 2. The summed E-state index contributed by atoms with van der Waals surface area (Å²) in [6.45, 7) is 11.4. The van der Waals surface area contributed by atoms with E-state index in [2.05, 4.69) is 153 Å². The Morgan fingerprint density at radius 2 is 1.11 bits per heavy atom. The van der Waals surface area contributed by atoms with Crippen molar-refractivity contribution in [3.05, 3.63) is 119 Å². The van der Waals surface area contributed by atoms with Crippen molar-refractivity contribution in [1.29, 1.82) is 0 Å². The van der Waals surface area contributed by atoms with Crippen LogP contribution in [0.5, 0.6) is 0 Å². The van der Waals surface area contributed by atoms with Crippen molar-refractivity contribution in [3.8, 4) is 0 Å². The molecule has 4 aromatic rings. The molecule has 4 aromatic carbocycles. The Morgan fingerprint density at radius 3 is 1.62 bits per heavy atom. The second-order valence-electron chi connectivity index (χ2n) is 13.9. The van der Waals surface area contributed by atoms with E-state index < -0.39 is 14.4 Å². The van der Waals surface area contributed by atoms with Gasteiger partial charge in [0.25, 0.3) is 0 Å². The van der Waals surface area contributed by atoms with Crippen LogP contribution in [0.25, 0.3) is 24.3 Å². The first kappa shape index (κ1) is 31.1. The van der Waals surface area contributed by atoms with Gasteiger partial charge in [-0.2, -0.15) is 0 Å². The predicted octanol–water partition coefficient (Wildman–Crippen LogP) is 10.5. The molecular weight excluding hydrogens is 569 g/mol. The summed E-state index contributed by atoms with van der Waals surface area (Å²) in [5, 5.41) is 15.2. The van der Waals surface area contributed by atoms with Crippen molar-refractivity contribution >= 4 is 55.4 Å². The number of hydrogen-bond acceptors (Lipinski definition) is 4. The molecule has 0 spiro atoms. The number of nitrogens with zero attached hydrogens (tertiary/aromatic N) is 1. The zero-order valence-electron chi connectivity index (χ0n) is 27.2. The Labute approximate surface area is 270 Å². The maximum Gasteiger partial charge on any atom is 0.192 e. The second kappa shape index (κ2) is 12.8. The summed E-state index contributed by atoms with van der Waals surface area (Å²) < 4.78 is 6.73. The van der Waals surface area contributed by atoms with E-state index in [0.29, 0.717) is 0 Å². The number of aliphatic hydroxyl groups excluding tert-OH is 1. The van der Waals surface area contributed by atoms with E-state index in [0.717, 1.165) is 30.6 Å². The smallest absolute Gasteiger partial charge is 0.192 e. The van der Waals surface area contributed by atoms with Gasteiger partial charge in [0.05, 0.1) is 18.2 Å². The molecule has 232 valence electrons. The summed E-state index contributed by atoms with van der Waals surface area (Å²) in [7, 11) is -1.96. The molecule has 4 nitrogen and oxygen atoms in total. The van der Waals surface area contributed by atoms with Crippen LogP contribution in [0.4, 0.5) is 22.7 Å².